The Bertz CT molecular complexity index is 105. The van der Waals surface area contributed by atoms with Gasteiger partial charge in [-0.25, -0.2) is 0 Å². The zero-order valence-electron chi connectivity index (χ0n) is 8.37. The van der Waals surface area contributed by atoms with Gasteiger partial charge in [-0.2, -0.15) is 14.0 Å². The van der Waals surface area contributed by atoms with Crippen LogP contribution >= 0.6 is 7.59 Å². The fraction of sp³-hybridized carbons (Fsp3) is 1.00. The van der Waals surface area contributed by atoms with Crippen LogP contribution in [-0.4, -0.2) is 63.9 Å². The molecular formula is C6H18BN3P+. The summed E-state index contributed by atoms with van der Waals surface area (Å²) in [6, 6.07) is 0. The van der Waals surface area contributed by atoms with Crippen LogP contribution in [0.4, 0.5) is 0 Å². The van der Waals surface area contributed by atoms with Crippen LogP contribution < -0.4 is 0 Å². The standard InChI is InChI=1S/C6H18BN3P/c1-8(2)11(7,9(3)4)10(5)6/h1-6H3/q+1. The molecule has 0 saturated carbocycles. The van der Waals surface area contributed by atoms with Crippen LogP contribution in [0.1, 0.15) is 0 Å². The molecule has 0 unspecified atom stereocenters. The highest BCUT2D eigenvalue weighted by molar-refractivity contribution is 7.91. The van der Waals surface area contributed by atoms with Crippen LogP contribution in [0.25, 0.3) is 0 Å². The molecule has 0 bridgehead atoms. The molecule has 0 aromatic carbocycles. The van der Waals surface area contributed by atoms with E-state index in [1.807, 2.05) is 42.3 Å². The minimum Gasteiger partial charge on any atom is -0.171 e. The van der Waals surface area contributed by atoms with Gasteiger partial charge in [-0.1, -0.05) is 0 Å². The molecule has 0 N–H and O–H groups in total. The lowest BCUT2D eigenvalue weighted by molar-refractivity contribution is 0.480. The largest absolute Gasteiger partial charge is 0.435 e. The lowest BCUT2D eigenvalue weighted by Crippen LogP contribution is -2.35. The minimum absolute atomic E-state index is 1.69. The first-order valence-corrected chi connectivity index (χ1v) is 5.26. The van der Waals surface area contributed by atoms with Gasteiger partial charge in [0, 0.05) is 42.3 Å². The summed E-state index contributed by atoms with van der Waals surface area (Å²) in [5, 5.41) is 0. The van der Waals surface area contributed by atoms with E-state index in [2.05, 4.69) is 14.0 Å². The monoisotopic (exact) mass is 174 g/mol. The Morgan fingerprint density at radius 3 is 0.909 bits per heavy atom. The smallest absolute Gasteiger partial charge is 0.171 e. The molecule has 0 aliphatic rings. The Balaban J connectivity index is 4.53. The van der Waals surface area contributed by atoms with Crippen molar-refractivity contribution in [2.24, 2.45) is 0 Å². The molecule has 0 heterocycles. The van der Waals surface area contributed by atoms with Crippen molar-refractivity contribution in [2.75, 3.05) is 42.3 Å². The number of hydrogen-bond donors (Lipinski definition) is 0. The number of rotatable bonds is 3. The first kappa shape index (κ1) is 11.4. The summed E-state index contributed by atoms with van der Waals surface area (Å²) < 4.78 is 6.23. The predicted octanol–water partition coefficient (Wildman–Crippen LogP) is 0.517. The summed E-state index contributed by atoms with van der Waals surface area (Å²) in [6.07, 6.45) is 0. The maximum absolute atomic E-state index is 6.22. The third-order valence-corrected chi connectivity index (χ3v) is 5.30. The van der Waals surface area contributed by atoms with Crippen molar-refractivity contribution in [3.8, 4) is 0 Å². The molecule has 5 heteroatoms. The van der Waals surface area contributed by atoms with Crippen LogP contribution in [0.3, 0.4) is 0 Å². The van der Waals surface area contributed by atoms with Crippen molar-refractivity contribution in [1.82, 2.24) is 14.0 Å². The Kier molecular flexibility index (Phi) is 3.99. The molecule has 0 aromatic heterocycles. The molecule has 64 valence electrons. The zero-order chi connectivity index (χ0) is 9.23. The molecule has 0 atom stereocenters. The van der Waals surface area contributed by atoms with E-state index in [1.165, 1.54) is 0 Å². The van der Waals surface area contributed by atoms with E-state index in [1.54, 1.807) is 0 Å². The number of hydrogen-bond acceptors (Lipinski definition) is 3. The Hall–Kier alpha value is 0.375. The molecule has 0 aliphatic carbocycles. The molecule has 0 rings (SSSR count). The molecule has 0 aromatic rings. The molecular weight excluding hydrogens is 156 g/mol. The van der Waals surface area contributed by atoms with E-state index in [9.17, 15) is 0 Å². The minimum atomic E-state index is -1.69. The Morgan fingerprint density at radius 1 is 0.727 bits per heavy atom. The van der Waals surface area contributed by atoms with E-state index in [4.69, 9.17) is 7.57 Å². The first-order valence-electron chi connectivity index (χ1n) is 3.54. The van der Waals surface area contributed by atoms with Crippen molar-refractivity contribution >= 4 is 15.2 Å². The van der Waals surface area contributed by atoms with Crippen molar-refractivity contribution in [2.45, 2.75) is 0 Å². The maximum atomic E-state index is 6.22. The van der Waals surface area contributed by atoms with Gasteiger partial charge in [-0.3, -0.25) is 0 Å². The van der Waals surface area contributed by atoms with E-state index >= 15 is 0 Å². The van der Waals surface area contributed by atoms with Crippen LogP contribution in [0.2, 0.25) is 0 Å². The van der Waals surface area contributed by atoms with Gasteiger partial charge in [0.2, 0.25) is 0 Å². The Morgan fingerprint density at radius 2 is 0.909 bits per heavy atom. The van der Waals surface area contributed by atoms with Gasteiger partial charge in [0.25, 0.3) is 0 Å². The lowest BCUT2D eigenvalue weighted by atomic mass is 10.8. The van der Waals surface area contributed by atoms with Gasteiger partial charge in [-0.15, -0.1) is 0 Å². The van der Waals surface area contributed by atoms with E-state index in [0.717, 1.165) is 0 Å². The summed E-state index contributed by atoms with van der Waals surface area (Å²) in [5.74, 6) is 0. The van der Waals surface area contributed by atoms with Crippen LogP contribution in [0.5, 0.6) is 0 Å². The molecule has 0 amide bonds. The quantitative estimate of drug-likeness (QED) is 0.456. The molecule has 0 spiro atoms. The summed E-state index contributed by atoms with van der Waals surface area (Å²) in [6.45, 7) is 0. The van der Waals surface area contributed by atoms with Crippen molar-refractivity contribution < 1.29 is 0 Å². The normalized spacial score (nSPS) is 13.5. The average Bonchev–Trinajstić information content (AvgIpc) is 1.84. The van der Waals surface area contributed by atoms with Gasteiger partial charge in [0.1, 0.15) is 0 Å². The summed E-state index contributed by atoms with van der Waals surface area (Å²) in [4.78, 5) is 0. The second-order valence-corrected chi connectivity index (χ2v) is 6.79. The van der Waals surface area contributed by atoms with Gasteiger partial charge >= 0.3 is 7.57 Å². The van der Waals surface area contributed by atoms with Crippen LogP contribution in [0.15, 0.2) is 0 Å². The van der Waals surface area contributed by atoms with Crippen LogP contribution in [0, 0.1) is 0 Å². The predicted molar refractivity (Wildman–Crippen MR) is 53.7 cm³/mol. The van der Waals surface area contributed by atoms with Crippen LogP contribution in [-0.2, 0) is 0 Å². The van der Waals surface area contributed by atoms with E-state index < -0.39 is 7.59 Å². The molecule has 3 nitrogen and oxygen atoms in total. The highest BCUT2D eigenvalue weighted by atomic mass is 31.2. The fourth-order valence-corrected chi connectivity index (χ4v) is 3.22. The van der Waals surface area contributed by atoms with Gasteiger partial charge in [-0.05, 0) is 0 Å². The van der Waals surface area contributed by atoms with Gasteiger partial charge in [0.05, 0.1) is 0 Å². The van der Waals surface area contributed by atoms with Crippen molar-refractivity contribution in [3.05, 3.63) is 0 Å². The highest BCUT2D eigenvalue weighted by Gasteiger charge is 2.41. The van der Waals surface area contributed by atoms with Gasteiger partial charge < -0.3 is 0 Å². The molecule has 0 saturated heterocycles. The zero-order valence-corrected chi connectivity index (χ0v) is 9.26. The van der Waals surface area contributed by atoms with Gasteiger partial charge in [0.15, 0.2) is 7.59 Å². The molecule has 11 heavy (non-hydrogen) atoms. The third-order valence-electron chi connectivity index (χ3n) is 1.77. The van der Waals surface area contributed by atoms with Crippen molar-refractivity contribution in [3.63, 3.8) is 0 Å². The topological polar surface area (TPSA) is 9.72 Å². The Labute approximate surface area is 72.2 Å². The SMILES string of the molecule is [B][P+](N(C)C)(N(C)C)N(C)C. The number of nitrogens with zero attached hydrogens (tertiary/aromatic N) is 3. The first-order chi connectivity index (χ1) is 4.83. The fourth-order valence-electron chi connectivity index (χ4n) is 1.07. The second kappa shape index (κ2) is 3.86. The molecule has 2 radical (unpaired) electrons. The second-order valence-electron chi connectivity index (χ2n) is 3.16. The molecule has 0 fully saturated rings. The summed E-state index contributed by atoms with van der Waals surface area (Å²) in [7, 11) is 16.6. The summed E-state index contributed by atoms with van der Waals surface area (Å²) in [5.41, 5.74) is 0. The lowest BCUT2D eigenvalue weighted by Gasteiger charge is -2.38. The van der Waals surface area contributed by atoms with E-state index in [0.29, 0.717) is 0 Å². The maximum Gasteiger partial charge on any atom is 0.435 e. The highest BCUT2D eigenvalue weighted by Crippen LogP contribution is 2.58. The third kappa shape index (κ3) is 2.16. The molecule has 0 aliphatic heterocycles. The van der Waals surface area contributed by atoms with E-state index in [-0.39, 0.29) is 0 Å². The summed E-state index contributed by atoms with van der Waals surface area (Å²) >= 11 is 0. The average molecular weight is 174 g/mol. The van der Waals surface area contributed by atoms with Crippen molar-refractivity contribution in [1.29, 1.82) is 0 Å².